The van der Waals surface area contributed by atoms with Gasteiger partial charge in [-0.05, 0) is 49.3 Å². The average molecular weight is 953 g/mol. The Hall–Kier alpha value is -7.78. The molecule has 69 heavy (non-hydrogen) atoms. The molecule has 0 saturated carbocycles. The zero-order valence-corrected chi connectivity index (χ0v) is 38.7. The Kier molecular flexibility index (Phi) is 20.1. The molecular formula is C47H64N14O8. The molecule has 3 heterocycles. The second-order valence-electron chi connectivity index (χ2n) is 16.9. The van der Waals surface area contributed by atoms with Crippen molar-refractivity contribution in [2.45, 2.75) is 120 Å². The van der Waals surface area contributed by atoms with Gasteiger partial charge in [0.1, 0.15) is 36.3 Å². The molecule has 0 radical (unpaired) electrons. The first-order chi connectivity index (χ1) is 33.2. The van der Waals surface area contributed by atoms with Gasteiger partial charge in [0.05, 0.1) is 6.33 Å². The van der Waals surface area contributed by atoms with Crippen LogP contribution >= 0.6 is 0 Å². The second-order valence-corrected chi connectivity index (χ2v) is 16.9. The van der Waals surface area contributed by atoms with Gasteiger partial charge in [-0.3, -0.25) is 43.3 Å². The van der Waals surface area contributed by atoms with Crippen molar-refractivity contribution in [1.82, 2.24) is 52.2 Å². The first kappa shape index (κ1) is 52.2. The summed E-state index contributed by atoms with van der Waals surface area (Å²) in [4.78, 5) is 125. The largest absolute Gasteiger partial charge is 0.370 e. The molecule has 1 aliphatic rings. The van der Waals surface area contributed by atoms with E-state index in [-0.39, 0.29) is 76.8 Å². The number of imidazole rings is 1. The van der Waals surface area contributed by atoms with Crippen LogP contribution in [0.5, 0.6) is 0 Å². The Morgan fingerprint density at radius 1 is 0.797 bits per heavy atom. The fraction of sp³-hybridized carbons (Fsp3) is 0.447. The van der Waals surface area contributed by atoms with Crippen molar-refractivity contribution in [3.8, 4) is 0 Å². The number of aliphatic imine (C=N–C) groups is 1. The number of nitrogens with zero attached hydrogens (tertiary/aromatic N) is 2. The van der Waals surface area contributed by atoms with Crippen molar-refractivity contribution in [2.24, 2.45) is 22.2 Å². The number of nitrogens with one attached hydrogen (secondary N) is 9. The zero-order chi connectivity index (χ0) is 49.7. The van der Waals surface area contributed by atoms with Crippen LogP contribution in [0.15, 0.2) is 78.3 Å². The van der Waals surface area contributed by atoms with Gasteiger partial charge in [-0.1, -0.05) is 68.3 Å². The lowest BCUT2D eigenvalue weighted by atomic mass is 10.0. The maximum atomic E-state index is 14.5. The first-order valence-electron chi connectivity index (χ1n) is 23.2. The van der Waals surface area contributed by atoms with Gasteiger partial charge in [0, 0.05) is 74.2 Å². The molecule has 22 heteroatoms. The number of fused-ring (bicyclic) bond motifs is 1. The lowest BCUT2D eigenvalue weighted by Gasteiger charge is -2.27. The van der Waals surface area contributed by atoms with E-state index >= 15 is 0 Å². The summed E-state index contributed by atoms with van der Waals surface area (Å²) in [6.45, 7) is 1.89. The van der Waals surface area contributed by atoms with E-state index < -0.39 is 83.5 Å². The predicted octanol–water partition coefficient (Wildman–Crippen LogP) is -0.753. The molecule has 1 aliphatic heterocycles. The summed E-state index contributed by atoms with van der Waals surface area (Å²) in [6, 6.07) is 8.30. The number of aromatic nitrogens is 3. The number of para-hydroxylation sites is 1. The van der Waals surface area contributed by atoms with Crippen LogP contribution in [0.25, 0.3) is 10.9 Å². The Balaban J connectivity index is 1.49. The van der Waals surface area contributed by atoms with Crippen LogP contribution in [0.1, 0.15) is 81.5 Å². The summed E-state index contributed by atoms with van der Waals surface area (Å²) in [6.07, 6.45) is 6.26. The number of aromatic amines is 2. The van der Waals surface area contributed by atoms with Gasteiger partial charge in [0.25, 0.3) is 0 Å². The highest BCUT2D eigenvalue weighted by Crippen LogP contribution is 2.19. The molecule has 1 saturated heterocycles. The third-order valence-corrected chi connectivity index (χ3v) is 11.6. The number of rotatable bonds is 18. The number of primary amides is 1. The Bertz CT molecular complexity index is 2400. The monoisotopic (exact) mass is 953 g/mol. The van der Waals surface area contributed by atoms with Crippen molar-refractivity contribution >= 4 is 64.1 Å². The third kappa shape index (κ3) is 16.8. The highest BCUT2D eigenvalue weighted by Gasteiger charge is 2.34. The smallest absolute Gasteiger partial charge is 0.243 e. The molecule has 370 valence electrons. The number of carbonyl (C=O) groups is 8. The topological polar surface area (TPSA) is 356 Å². The lowest BCUT2D eigenvalue weighted by Crippen LogP contribution is -2.60. The van der Waals surface area contributed by atoms with E-state index in [0.29, 0.717) is 23.2 Å². The summed E-state index contributed by atoms with van der Waals surface area (Å²) in [7, 11) is 0. The van der Waals surface area contributed by atoms with E-state index in [4.69, 9.17) is 17.2 Å². The number of H-pyrrole nitrogens is 2. The minimum absolute atomic E-state index is 0.00706. The van der Waals surface area contributed by atoms with Crippen molar-refractivity contribution in [1.29, 1.82) is 0 Å². The maximum Gasteiger partial charge on any atom is 0.243 e. The predicted molar refractivity (Wildman–Crippen MR) is 256 cm³/mol. The van der Waals surface area contributed by atoms with E-state index in [1.807, 2.05) is 31.2 Å². The van der Waals surface area contributed by atoms with Crippen LogP contribution in [0.4, 0.5) is 0 Å². The fourth-order valence-corrected chi connectivity index (χ4v) is 7.82. The molecule has 2 aromatic carbocycles. The molecule has 15 N–H and O–H groups in total. The van der Waals surface area contributed by atoms with E-state index in [1.165, 1.54) is 12.5 Å². The maximum absolute atomic E-state index is 14.5. The van der Waals surface area contributed by atoms with Gasteiger partial charge < -0.3 is 64.4 Å². The number of carbonyl (C=O) groups excluding carboxylic acids is 8. The van der Waals surface area contributed by atoms with Gasteiger partial charge in [0.15, 0.2) is 5.96 Å². The molecule has 3 unspecified atom stereocenters. The highest BCUT2D eigenvalue weighted by atomic mass is 16.2. The molecule has 0 spiro atoms. The lowest BCUT2D eigenvalue weighted by molar-refractivity contribution is -0.135. The molecular weight excluding hydrogens is 889 g/mol. The standard InChI is InChI=1S/C47H64N14O8/c1-2-3-5-16-40(63)56-34-17-18-39(62)52-21-19-35(44(67)59-36(41(48)64)23-29-25-54-32-14-9-8-13-31(29)32)58-42(65)33(15-10-20-53-47(49)50)57-45(68)37(22-28-11-6-4-7-12-28)60-46(69)38(61-43(34)66)24-30-26-51-27-55-30/h4,6-9,11-14,25-27,33-38,54H,2-3,5,10,15-24H2,1H3,(H2,48,64)(H,51,55)(H,52,62)(H,56,63)(H,57,68)(H,58,65)(H,59,67)(H,60,69)(H,61,66)(H4,49,50,53)/t33-,34?,35?,36-,37?,38-/m0/s1. The number of hydrogen-bond donors (Lipinski definition) is 12. The Morgan fingerprint density at radius 2 is 1.49 bits per heavy atom. The quantitative estimate of drug-likeness (QED) is 0.0334. The van der Waals surface area contributed by atoms with Crippen LogP contribution < -0.4 is 54.4 Å². The van der Waals surface area contributed by atoms with Crippen LogP contribution in [0, 0.1) is 0 Å². The van der Waals surface area contributed by atoms with E-state index in [0.717, 1.165) is 23.7 Å². The van der Waals surface area contributed by atoms with Crippen LogP contribution in [0.3, 0.4) is 0 Å². The summed E-state index contributed by atoms with van der Waals surface area (Å²) < 4.78 is 0. The fourth-order valence-electron chi connectivity index (χ4n) is 7.82. The van der Waals surface area contributed by atoms with Gasteiger partial charge >= 0.3 is 0 Å². The van der Waals surface area contributed by atoms with E-state index in [9.17, 15) is 38.4 Å². The van der Waals surface area contributed by atoms with Gasteiger partial charge in [0.2, 0.25) is 47.3 Å². The minimum Gasteiger partial charge on any atom is -0.370 e. The van der Waals surface area contributed by atoms with Crippen molar-refractivity contribution in [3.05, 3.63) is 90.1 Å². The average Bonchev–Trinajstić information content (AvgIpc) is 4.00. The number of hydrogen-bond acceptors (Lipinski definition) is 10. The Labute approximate surface area is 399 Å². The third-order valence-electron chi connectivity index (χ3n) is 11.6. The number of amides is 8. The molecule has 4 aromatic rings. The molecule has 0 bridgehead atoms. The molecule has 6 atom stereocenters. The number of benzene rings is 2. The Morgan fingerprint density at radius 3 is 2.20 bits per heavy atom. The van der Waals surface area contributed by atoms with Gasteiger partial charge in [-0.15, -0.1) is 0 Å². The molecule has 22 nitrogen and oxygen atoms in total. The number of guanidine groups is 1. The summed E-state index contributed by atoms with van der Waals surface area (Å²) >= 11 is 0. The van der Waals surface area contributed by atoms with Gasteiger partial charge in [-0.25, -0.2) is 4.98 Å². The van der Waals surface area contributed by atoms with Crippen LogP contribution in [-0.2, 0) is 57.6 Å². The second kappa shape index (κ2) is 26.5. The van der Waals surface area contributed by atoms with Crippen molar-refractivity contribution in [2.75, 3.05) is 13.1 Å². The van der Waals surface area contributed by atoms with E-state index in [1.54, 1.807) is 36.5 Å². The van der Waals surface area contributed by atoms with Gasteiger partial charge in [-0.2, -0.15) is 0 Å². The van der Waals surface area contributed by atoms with Crippen molar-refractivity contribution in [3.63, 3.8) is 0 Å². The number of unbranched alkanes of at least 4 members (excludes halogenated alkanes) is 2. The van der Waals surface area contributed by atoms with Crippen LogP contribution in [0.2, 0.25) is 0 Å². The summed E-state index contributed by atoms with van der Waals surface area (Å²) in [5.74, 6) is -5.94. The SMILES string of the molecule is CCCCCC(=O)NC1CCC(=O)NCCC(C(=O)N[C@@H](Cc2c[nH]c3ccccc23)C(N)=O)NC(=O)[C@H](CCCN=C(N)N)NC(=O)C(Cc2ccccc2)NC(=O)[C@H](Cc2cnc[nH]2)NC1=O. The summed E-state index contributed by atoms with van der Waals surface area (Å²) in [5.41, 5.74) is 19.5. The highest BCUT2D eigenvalue weighted by molar-refractivity contribution is 5.97. The summed E-state index contributed by atoms with van der Waals surface area (Å²) in [5, 5.41) is 19.8. The van der Waals surface area contributed by atoms with Crippen LogP contribution in [-0.4, -0.2) is 118 Å². The molecule has 2 aromatic heterocycles. The number of nitrogens with two attached hydrogens (primary N) is 3. The molecule has 0 aliphatic carbocycles. The minimum atomic E-state index is -1.40. The zero-order valence-electron chi connectivity index (χ0n) is 38.7. The molecule has 8 amide bonds. The van der Waals surface area contributed by atoms with E-state index in [2.05, 4.69) is 57.2 Å². The van der Waals surface area contributed by atoms with Crippen molar-refractivity contribution < 1.29 is 38.4 Å². The molecule has 5 rings (SSSR count). The molecule has 1 fully saturated rings. The normalized spacial score (nSPS) is 20.3. The first-order valence-corrected chi connectivity index (χ1v) is 23.2.